The molecule has 5 unspecified atom stereocenters. The van der Waals surface area contributed by atoms with Gasteiger partial charge >= 0.3 is 0 Å². The van der Waals surface area contributed by atoms with Gasteiger partial charge in [0, 0.05) is 5.38 Å². The molecule has 0 amide bonds. The third-order valence-corrected chi connectivity index (χ3v) is 5.03. The van der Waals surface area contributed by atoms with E-state index in [1.807, 2.05) is 0 Å². The number of hydrogen-bond donors (Lipinski definition) is 0. The Hall–Kier alpha value is 0.290. The van der Waals surface area contributed by atoms with Gasteiger partial charge in [-0.15, -0.1) is 11.6 Å². The molecular formula is C8H9Cl. The fourth-order valence-corrected chi connectivity index (χ4v) is 5.00. The highest BCUT2D eigenvalue weighted by Gasteiger charge is 2.82. The van der Waals surface area contributed by atoms with Crippen molar-refractivity contribution in [2.75, 3.05) is 0 Å². The van der Waals surface area contributed by atoms with Gasteiger partial charge in [0.15, 0.2) is 0 Å². The summed E-state index contributed by atoms with van der Waals surface area (Å²) >= 11 is 6.16. The second kappa shape index (κ2) is 0.887. The van der Waals surface area contributed by atoms with Crippen LogP contribution in [0.3, 0.4) is 0 Å². The van der Waals surface area contributed by atoms with Gasteiger partial charge in [0.05, 0.1) is 0 Å². The molecule has 9 heavy (non-hydrogen) atoms. The highest BCUT2D eigenvalue weighted by atomic mass is 35.5. The third kappa shape index (κ3) is 0.224. The van der Waals surface area contributed by atoms with E-state index in [0.717, 1.165) is 29.6 Å². The first-order valence-corrected chi connectivity index (χ1v) is 4.47. The van der Waals surface area contributed by atoms with Crippen molar-refractivity contribution in [2.24, 2.45) is 35.5 Å². The van der Waals surface area contributed by atoms with Crippen LogP contribution in [0.2, 0.25) is 0 Å². The van der Waals surface area contributed by atoms with Crippen molar-refractivity contribution >= 4 is 11.6 Å². The molecule has 5 saturated carbocycles. The molecule has 7 atom stereocenters. The normalized spacial score (nSPS) is 87.0. The Bertz CT molecular complexity index is 179. The quantitative estimate of drug-likeness (QED) is 0.450. The van der Waals surface area contributed by atoms with Gasteiger partial charge in [0.2, 0.25) is 0 Å². The van der Waals surface area contributed by atoms with E-state index >= 15 is 0 Å². The summed E-state index contributed by atoms with van der Waals surface area (Å²) in [6.07, 6.45) is 1.56. The molecule has 1 heteroatoms. The van der Waals surface area contributed by atoms with E-state index in [0.29, 0.717) is 5.38 Å². The maximum atomic E-state index is 6.16. The average molecular weight is 141 g/mol. The molecule has 0 nitrogen and oxygen atoms in total. The van der Waals surface area contributed by atoms with Crippen LogP contribution in [0.1, 0.15) is 6.42 Å². The molecule has 0 aromatic rings. The molecular weight excluding hydrogens is 132 g/mol. The van der Waals surface area contributed by atoms with Gasteiger partial charge in [-0.2, -0.15) is 0 Å². The summed E-state index contributed by atoms with van der Waals surface area (Å²) in [4.78, 5) is 0. The molecule has 0 aromatic carbocycles. The first-order chi connectivity index (χ1) is 4.39. The predicted molar refractivity (Wildman–Crippen MR) is 35.2 cm³/mol. The zero-order valence-corrected chi connectivity index (χ0v) is 5.88. The number of rotatable bonds is 0. The smallest absolute Gasteiger partial charge is 0.0403 e. The molecule has 5 aliphatic rings. The zero-order chi connectivity index (χ0) is 5.75. The van der Waals surface area contributed by atoms with E-state index in [-0.39, 0.29) is 0 Å². The van der Waals surface area contributed by atoms with Crippen LogP contribution in [0, 0.1) is 35.5 Å². The molecule has 0 spiro atoms. The lowest BCUT2D eigenvalue weighted by molar-refractivity contribution is 0.180. The number of halogens is 1. The maximum absolute atomic E-state index is 6.16. The highest BCUT2D eigenvalue weighted by Crippen LogP contribution is 2.85. The molecule has 0 aliphatic heterocycles. The summed E-state index contributed by atoms with van der Waals surface area (Å²) < 4.78 is 0. The van der Waals surface area contributed by atoms with Gasteiger partial charge < -0.3 is 0 Å². The van der Waals surface area contributed by atoms with Crippen LogP contribution in [0.5, 0.6) is 0 Å². The van der Waals surface area contributed by atoms with Crippen LogP contribution in [-0.2, 0) is 0 Å². The molecule has 0 radical (unpaired) electrons. The first kappa shape index (κ1) is 4.23. The van der Waals surface area contributed by atoms with E-state index in [2.05, 4.69) is 0 Å². The molecule has 48 valence electrons. The lowest BCUT2D eigenvalue weighted by Crippen LogP contribution is -2.39. The van der Waals surface area contributed by atoms with Crippen molar-refractivity contribution in [3.05, 3.63) is 0 Å². The lowest BCUT2D eigenvalue weighted by atomic mass is 9.73. The topological polar surface area (TPSA) is 0 Å². The lowest BCUT2D eigenvalue weighted by Gasteiger charge is -2.38. The fourth-order valence-electron chi connectivity index (χ4n) is 4.29. The molecule has 0 aromatic heterocycles. The minimum Gasteiger partial charge on any atom is -0.122 e. The molecule has 0 N–H and O–H groups in total. The summed E-state index contributed by atoms with van der Waals surface area (Å²) in [5, 5.41) is 0.628. The second-order valence-electron chi connectivity index (χ2n) is 4.32. The van der Waals surface area contributed by atoms with Crippen molar-refractivity contribution in [3.63, 3.8) is 0 Å². The Labute approximate surface area is 59.6 Å². The van der Waals surface area contributed by atoms with E-state index in [4.69, 9.17) is 11.6 Å². The Balaban J connectivity index is 1.98. The van der Waals surface area contributed by atoms with E-state index < -0.39 is 0 Å². The van der Waals surface area contributed by atoms with Crippen molar-refractivity contribution in [3.8, 4) is 0 Å². The average Bonchev–Trinajstić information content (AvgIpc) is 2.39. The predicted octanol–water partition coefficient (Wildman–Crippen LogP) is 1.74. The van der Waals surface area contributed by atoms with Gasteiger partial charge in [-0.3, -0.25) is 0 Å². The SMILES string of the molecule is ClC1[C@H]2C3C4CC2[C@H]1C43. The second-order valence-corrected chi connectivity index (χ2v) is 4.82. The molecule has 6 bridgehead atoms. The minimum atomic E-state index is 0.628. The van der Waals surface area contributed by atoms with Gasteiger partial charge in [-0.05, 0) is 41.9 Å². The first-order valence-electron chi connectivity index (χ1n) is 4.03. The van der Waals surface area contributed by atoms with Gasteiger partial charge in [0.25, 0.3) is 0 Å². The summed E-state index contributed by atoms with van der Waals surface area (Å²) in [6.45, 7) is 0. The van der Waals surface area contributed by atoms with Crippen LogP contribution in [0.15, 0.2) is 0 Å². The largest absolute Gasteiger partial charge is 0.122 e. The van der Waals surface area contributed by atoms with Crippen LogP contribution < -0.4 is 0 Å². The summed E-state index contributed by atoms with van der Waals surface area (Å²) in [6, 6.07) is 0. The van der Waals surface area contributed by atoms with Crippen LogP contribution >= 0.6 is 11.6 Å². The molecule has 0 saturated heterocycles. The standard InChI is InChI=1S/C8H9Cl/c9-8-6-3-1-2-4(6)5(2)7(3)8/h2-8H,1H2/t2?,3?,4?,5?,6-,7+,8?. The molecule has 5 aliphatic carbocycles. The van der Waals surface area contributed by atoms with E-state index in [9.17, 15) is 0 Å². The number of hydrogen-bond acceptors (Lipinski definition) is 0. The summed E-state index contributed by atoms with van der Waals surface area (Å²) in [5.74, 6) is 6.59. The van der Waals surface area contributed by atoms with Gasteiger partial charge in [0.1, 0.15) is 0 Å². The van der Waals surface area contributed by atoms with Gasteiger partial charge in [-0.25, -0.2) is 0 Å². The van der Waals surface area contributed by atoms with Crippen molar-refractivity contribution in [1.82, 2.24) is 0 Å². The summed E-state index contributed by atoms with van der Waals surface area (Å²) in [7, 11) is 0. The maximum Gasteiger partial charge on any atom is 0.0403 e. The zero-order valence-electron chi connectivity index (χ0n) is 5.13. The van der Waals surface area contributed by atoms with Crippen molar-refractivity contribution in [1.29, 1.82) is 0 Å². The number of alkyl halides is 1. The Morgan fingerprint density at radius 3 is 1.78 bits per heavy atom. The van der Waals surface area contributed by atoms with E-state index in [1.54, 1.807) is 6.42 Å². The molecule has 5 rings (SSSR count). The van der Waals surface area contributed by atoms with Crippen LogP contribution in [0.4, 0.5) is 0 Å². The Morgan fingerprint density at radius 1 is 0.889 bits per heavy atom. The monoisotopic (exact) mass is 140 g/mol. The minimum absolute atomic E-state index is 0.628. The van der Waals surface area contributed by atoms with Crippen LogP contribution in [-0.4, -0.2) is 5.38 Å². The fraction of sp³-hybridized carbons (Fsp3) is 1.00. The van der Waals surface area contributed by atoms with E-state index in [1.165, 1.54) is 5.92 Å². The van der Waals surface area contributed by atoms with Crippen molar-refractivity contribution < 1.29 is 0 Å². The molecule has 5 fully saturated rings. The Morgan fingerprint density at radius 2 is 1.44 bits per heavy atom. The van der Waals surface area contributed by atoms with Gasteiger partial charge in [-0.1, -0.05) is 0 Å². The van der Waals surface area contributed by atoms with Crippen LogP contribution in [0.25, 0.3) is 0 Å². The third-order valence-electron chi connectivity index (χ3n) is 4.45. The Kier molecular flexibility index (Phi) is 0.416. The summed E-state index contributed by atoms with van der Waals surface area (Å²) in [5.41, 5.74) is 0. The molecule has 0 heterocycles. The highest BCUT2D eigenvalue weighted by molar-refractivity contribution is 6.22. The van der Waals surface area contributed by atoms with Crippen molar-refractivity contribution in [2.45, 2.75) is 11.8 Å².